The van der Waals surface area contributed by atoms with Gasteiger partial charge < -0.3 is 10.2 Å². The molecule has 0 aliphatic carbocycles. The van der Waals surface area contributed by atoms with Crippen LogP contribution in [0.3, 0.4) is 0 Å². The van der Waals surface area contributed by atoms with Crippen molar-refractivity contribution in [2.75, 3.05) is 52.4 Å². The number of rotatable bonds is 6. The zero-order chi connectivity index (χ0) is 22.5. The lowest BCUT2D eigenvalue weighted by atomic mass is 9.92. The molecule has 0 saturated carbocycles. The molecule has 0 bridgehead atoms. The molecule has 0 aromatic heterocycles. The predicted octanol–water partition coefficient (Wildman–Crippen LogP) is 2.60. The summed E-state index contributed by atoms with van der Waals surface area (Å²) >= 11 is 0. The fourth-order valence-corrected chi connectivity index (χ4v) is 4.87. The van der Waals surface area contributed by atoms with Crippen LogP contribution >= 0.6 is 0 Å². The number of carbonyl (C=O) groups is 2. The molecule has 1 N–H and O–H groups in total. The number of benzene rings is 1. The molecule has 2 aliphatic heterocycles. The molecule has 3 rings (SSSR count). The lowest BCUT2D eigenvalue weighted by molar-refractivity contribution is -0.135. The third-order valence-electron chi connectivity index (χ3n) is 6.82. The van der Waals surface area contributed by atoms with Crippen LogP contribution in [-0.4, -0.2) is 78.9 Å². The molecule has 2 fully saturated rings. The fraction of sp³-hybridized carbons (Fsp3) is 0.680. The van der Waals surface area contributed by atoms with Gasteiger partial charge in [-0.05, 0) is 55.7 Å². The van der Waals surface area contributed by atoms with Crippen molar-refractivity contribution >= 4 is 11.8 Å². The lowest BCUT2D eigenvalue weighted by Crippen LogP contribution is -2.53. The average molecular weight is 429 g/mol. The van der Waals surface area contributed by atoms with E-state index in [1.54, 1.807) is 0 Å². The number of nitrogens with one attached hydrogen (secondary N) is 1. The van der Waals surface area contributed by atoms with Crippen molar-refractivity contribution in [3.8, 4) is 0 Å². The molecular weight excluding hydrogens is 388 g/mol. The molecule has 2 heterocycles. The van der Waals surface area contributed by atoms with Gasteiger partial charge in [-0.15, -0.1) is 0 Å². The Labute approximate surface area is 188 Å². The highest BCUT2D eigenvalue weighted by molar-refractivity contribution is 5.79. The van der Waals surface area contributed by atoms with Crippen LogP contribution in [0.1, 0.15) is 49.9 Å². The van der Waals surface area contributed by atoms with Crippen molar-refractivity contribution in [1.29, 1.82) is 0 Å². The van der Waals surface area contributed by atoms with E-state index < -0.39 is 0 Å². The van der Waals surface area contributed by atoms with Crippen LogP contribution in [0.2, 0.25) is 0 Å². The Kier molecular flexibility index (Phi) is 8.11. The number of amides is 2. The van der Waals surface area contributed by atoms with Gasteiger partial charge in [0.05, 0.1) is 19.1 Å². The number of nitrogens with zero attached hydrogens (tertiary/aromatic N) is 3. The van der Waals surface area contributed by atoms with Gasteiger partial charge >= 0.3 is 0 Å². The predicted molar refractivity (Wildman–Crippen MR) is 125 cm³/mol. The molecule has 1 aromatic carbocycles. The summed E-state index contributed by atoms with van der Waals surface area (Å²) in [6.07, 6.45) is 1.21. The van der Waals surface area contributed by atoms with Gasteiger partial charge in [0.25, 0.3) is 0 Å². The topological polar surface area (TPSA) is 55.9 Å². The normalized spacial score (nSPS) is 24.1. The van der Waals surface area contributed by atoms with Crippen LogP contribution in [-0.2, 0) is 9.59 Å². The Balaban J connectivity index is 1.39. The van der Waals surface area contributed by atoms with Gasteiger partial charge in [0.2, 0.25) is 11.8 Å². The number of carbonyl (C=O) groups excluding carboxylic acids is 2. The standard InChI is InChI=1S/C25H40N4O2/c1-18-12-19(2)15-29(14-18)25(31)17-28-10-8-27(9-11-28)16-24(30)26-22(5)23-7-6-20(3)21(4)13-23/h6-7,13,18-19,22H,8-12,14-17H2,1-5H3,(H,26,30)/t18-,19-,22+/m1/s1. The smallest absolute Gasteiger partial charge is 0.236 e. The first kappa shape index (κ1) is 23.7. The van der Waals surface area contributed by atoms with Crippen molar-refractivity contribution in [2.24, 2.45) is 11.8 Å². The molecule has 0 spiro atoms. The van der Waals surface area contributed by atoms with Crippen LogP contribution in [0.5, 0.6) is 0 Å². The quantitative estimate of drug-likeness (QED) is 0.757. The van der Waals surface area contributed by atoms with Crippen LogP contribution in [0.4, 0.5) is 0 Å². The minimum absolute atomic E-state index is 0.0000339. The van der Waals surface area contributed by atoms with E-state index in [-0.39, 0.29) is 17.9 Å². The highest BCUT2D eigenvalue weighted by atomic mass is 16.2. The van der Waals surface area contributed by atoms with E-state index in [1.807, 2.05) is 11.8 Å². The first-order chi connectivity index (χ1) is 14.7. The fourth-order valence-electron chi connectivity index (χ4n) is 4.87. The monoisotopic (exact) mass is 428 g/mol. The Hall–Kier alpha value is -1.92. The molecule has 6 nitrogen and oxygen atoms in total. The number of piperidine rings is 1. The summed E-state index contributed by atoms with van der Waals surface area (Å²) in [6, 6.07) is 6.35. The van der Waals surface area contributed by atoms with Crippen molar-refractivity contribution in [1.82, 2.24) is 20.0 Å². The highest BCUT2D eigenvalue weighted by Crippen LogP contribution is 2.21. The van der Waals surface area contributed by atoms with E-state index in [4.69, 9.17) is 0 Å². The molecule has 31 heavy (non-hydrogen) atoms. The first-order valence-corrected chi connectivity index (χ1v) is 11.8. The molecule has 0 radical (unpaired) electrons. The minimum Gasteiger partial charge on any atom is -0.348 e. The summed E-state index contributed by atoms with van der Waals surface area (Å²) in [4.78, 5) is 31.7. The molecular formula is C25H40N4O2. The van der Waals surface area contributed by atoms with Crippen LogP contribution in [0.15, 0.2) is 18.2 Å². The maximum Gasteiger partial charge on any atom is 0.236 e. The molecule has 2 saturated heterocycles. The van der Waals surface area contributed by atoms with Gasteiger partial charge in [-0.1, -0.05) is 32.0 Å². The maximum atomic E-state index is 12.7. The van der Waals surface area contributed by atoms with Gasteiger partial charge in [-0.2, -0.15) is 0 Å². The van der Waals surface area contributed by atoms with Crippen LogP contribution in [0.25, 0.3) is 0 Å². The van der Waals surface area contributed by atoms with E-state index in [0.29, 0.717) is 24.9 Å². The van der Waals surface area contributed by atoms with E-state index in [1.165, 1.54) is 17.5 Å². The van der Waals surface area contributed by atoms with Crippen molar-refractivity contribution in [3.05, 3.63) is 34.9 Å². The average Bonchev–Trinajstić information content (AvgIpc) is 2.70. The summed E-state index contributed by atoms with van der Waals surface area (Å²) in [5.74, 6) is 1.50. The zero-order valence-corrected chi connectivity index (χ0v) is 20.0. The van der Waals surface area contributed by atoms with Gasteiger partial charge in [0.1, 0.15) is 0 Å². The number of piperazine rings is 1. The van der Waals surface area contributed by atoms with Gasteiger partial charge in [-0.3, -0.25) is 19.4 Å². The Morgan fingerprint density at radius 3 is 2.13 bits per heavy atom. The van der Waals surface area contributed by atoms with Gasteiger partial charge in [0.15, 0.2) is 0 Å². The van der Waals surface area contributed by atoms with Crippen molar-refractivity contribution in [3.63, 3.8) is 0 Å². The summed E-state index contributed by atoms with van der Waals surface area (Å²) < 4.78 is 0. The number of hydrogen-bond acceptors (Lipinski definition) is 4. The minimum atomic E-state index is 0.0000339. The third kappa shape index (κ3) is 6.78. The lowest BCUT2D eigenvalue weighted by Gasteiger charge is -2.38. The first-order valence-electron chi connectivity index (χ1n) is 11.8. The summed E-state index contributed by atoms with van der Waals surface area (Å²) in [7, 11) is 0. The van der Waals surface area contributed by atoms with E-state index >= 15 is 0 Å². The van der Waals surface area contributed by atoms with Crippen LogP contribution < -0.4 is 5.32 Å². The van der Waals surface area contributed by atoms with Gasteiger partial charge in [-0.25, -0.2) is 0 Å². The number of aryl methyl sites for hydroxylation is 2. The van der Waals surface area contributed by atoms with E-state index in [2.05, 4.69) is 61.0 Å². The second-order valence-corrected chi connectivity index (χ2v) is 9.93. The molecule has 2 aliphatic rings. The molecule has 3 atom stereocenters. The van der Waals surface area contributed by atoms with Crippen LogP contribution in [0, 0.1) is 25.7 Å². The molecule has 1 aromatic rings. The Morgan fingerprint density at radius 1 is 0.968 bits per heavy atom. The van der Waals surface area contributed by atoms with E-state index in [9.17, 15) is 9.59 Å². The molecule has 172 valence electrons. The zero-order valence-electron chi connectivity index (χ0n) is 20.0. The summed E-state index contributed by atoms with van der Waals surface area (Å²) in [5, 5.41) is 3.13. The molecule has 6 heteroatoms. The third-order valence-corrected chi connectivity index (χ3v) is 6.82. The largest absolute Gasteiger partial charge is 0.348 e. The Bertz CT molecular complexity index is 763. The second kappa shape index (κ2) is 10.6. The molecule has 0 unspecified atom stereocenters. The molecule has 2 amide bonds. The summed E-state index contributed by atoms with van der Waals surface area (Å²) in [6.45, 7) is 16.7. The SMILES string of the molecule is Cc1ccc([C@H](C)NC(=O)CN2CCN(CC(=O)N3C[C@H](C)C[C@@H](C)C3)CC2)cc1C. The summed E-state index contributed by atoms with van der Waals surface area (Å²) in [5.41, 5.74) is 3.65. The van der Waals surface area contributed by atoms with Gasteiger partial charge in [0, 0.05) is 39.3 Å². The highest BCUT2D eigenvalue weighted by Gasteiger charge is 2.28. The Morgan fingerprint density at radius 2 is 1.55 bits per heavy atom. The van der Waals surface area contributed by atoms with E-state index in [0.717, 1.165) is 44.8 Å². The number of hydrogen-bond donors (Lipinski definition) is 1. The maximum absolute atomic E-state index is 12.7. The van der Waals surface area contributed by atoms with Crippen molar-refractivity contribution in [2.45, 2.75) is 47.1 Å². The van der Waals surface area contributed by atoms with Crippen molar-refractivity contribution < 1.29 is 9.59 Å². The second-order valence-electron chi connectivity index (χ2n) is 9.93. The number of likely N-dealkylation sites (tertiary alicyclic amines) is 1.